The number of ether oxygens (including phenoxy) is 1. The Morgan fingerprint density at radius 2 is 1.50 bits per heavy atom. The Morgan fingerprint density at radius 3 is 1.61 bits per heavy atom. The Kier molecular flexibility index (Phi) is 20.4. The number of carbonyl (C=O) groups is 3. The van der Waals surface area contributed by atoms with E-state index in [1.165, 1.54) is 18.5 Å². The molecule has 0 spiro atoms. The summed E-state index contributed by atoms with van der Waals surface area (Å²) in [6, 6.07) is 0. The summed E-state index contributed by atoms with van der Waals surface area (Å²) in [7, 11) is 0. The second-order valence-electron chi connectivity index (χ2n) is 2.26. The van der Waals surface area contributed by atoms with E-state index < -0.39 is 11.9 Å². The van der Waals surface area contributed by atoms with E-state index >= 15 is 0 Å². The summed E-state index contributed by atoms with van der Waals surface area (Å²) in [4.78, 5) is 29.0. The van der Waals surface area contributed by atoms with Crippen molar-refractivity contribution in [2.75, 3.05) is 6.61 Å². The van der Waals surface area contributed by atoms with Crippen LogP contribution in [0.4, 0.5) is 0 Å². The fourth-order valence-electron chi connectivity index (χ4n) is 0.319. The highest BCUT2D eigenvalue weighted by Gasteiger charge is 1.88. The van der Waals surface area contributed by atoms with Gasteiger partial charge in [0.2, 0.25) is 0 Å². The lowest BCUT2D eigenvalue weighted by Gasteiger charge is -1.90. The summed E-state index contributed by atoms with van der Waals surface area (Å²) in [5.41, 5.74) is 1.22. The Hall–Kier alpha value is -2.08. The van der Waals surface area contributed by atoms with Crippen LogP contribution < -0.4 is 0 Å². The quantitative estimate of drug-likeness (QED) is 0.462. The van der Waals surface area contributed by atoms with E-state index in [9.17, 15) is 14.4 Å². The van der Waals surface area contributed by atoms with Crippen molar-refractivity contribution in [2.45, 2.75) is 6.92 Å². The molecule has 0 unspecified atom stereocenters. The number of esters is 1. The van der Waals surface area contributed by atoms with E-state index in [0.29, 0.717) is 18.8 Å². The Balaban J connectivity index is -0.000000207. The number of hydrogen-bond acceptors (Lipinski definition) is 4. The van der Waals surface area contributed by atoms with Crippen LogP contribution in [0, 0.1) is 0 Å². The van der Waals surface area contributed by atoms with Gasteiger partial charge in [0.25, 0.3) is 0 Å². The third kappa shape index (κ3) is 48.5. The third-order valence-electron chi connectivity index (χ3n) is 0.773. The standard InChI is InChI=1S/C5H8O2.C4H4O4.C2H3Cl/c1-3-4-7-5(2)6;5-3(6)1-2-4(7)8;1-2-3/h3H,1,4H2,2H3;1-2H,(H,5,6)(H,7,8);2H,1H2/b;2-1-;. The highest BCUT2D eigenvalue weighted by atomic mass is 35.5. The van der Waals surface area contributed by atoms with Gasteiger partial charge in [0.15, 0.2) is 0 Å². The molecule has 0 saturated carbocycles. The molecule has 7 heteroatoms. The zero-order valence-electron chi connectivity index (χ0n) is 9.84. The van der Waals surface area contributed by atoms with Crippen molar-refractivity contribution in [3.63, 3.8) is 0 Å². The molecule has 0 atom stereocenters. The molecule has 0 fully saturated rings. The summed E-state index contributed by atoms with van der Waals surface area (Å²) < 4.78 is 4.43. The Morgan fingerprint density at radius 1 is 1.17 bits per heavy atom. The second-order valence-corrected chi connectivity index (χ2v) is 2.56. The topological polar surface area (TPSA) is 101 Å². The van der Waals surface area contributed by atoms with E-state index in [4.69, 9.17) is 21.8 Å². The SMILES string of the molecule is C=CCOC(C)=O.C=CCl.O=C(O)/C=C\C(=O)O. The highest BCUT2D eigenvalue weighted by molar-refractivity contribution is 6.25. The van der Waals surface area contributed by atoms with Crippen LogP contribution in [0.15, 0.2) is 36.9 Å². The van der Waals surface area contributed by atoms with Gasteiger partial charge < -0.3 is 14.9 Å². The fourth-order valence-corrected chi connectivity index (χ4v) is 0.319. The molecule has 0 aliphatic heterocycles. The number of halogens is 1. The lowest BCUT2D eigenvalue weighted by Crippen LogP contribution is -1.96. The van der Waals surface area contributed by atoms with Gasteiger partial charge in [-0.25, -0.2) is 9.59 Å². The molecule has 2 N–H and O–H groups in total. The first-order valence-corrected chi connectivity index (χ1v) is 4.84. The maximum atomic E-state index is 9.93. The van der Waals surface area contributed by atoms with E-state index in [1.807, 2.05) is 0 Å². The summed E-state index contributed by atoms with van der Waals surface area (Å²) in [5.74, 6) is -2.78. The minimum atomic E-state index is -1.26. The smallest absolute Gasteiger partial charge is 0.328 e. The van der Waals surface area contributed by atoms with Crippen LogP contribution in [-0.4, -0.2) is 34.7 Å². The molecular weight excluding hydrogens is 264 g/mol. The van der Waals surface area contributed by atoms with E-state index in [1.54, 1.807) is 0 Å². The third-order valence-corrected chi connectivity index (χ3v) is 0.773. The first kappa shape index (κ1) is 21.2. The van der Waals surface area contributed by atoms with Crippen LogP contribution in [0.1, 0.15) is 6.92 Å². The summed E-state index contributed by atoms with van der Waals surface area (Å²) in [5, 5.41) is 15.6. The molecule has 0 aromatic rings. The Bertz CT molecular complexity index is 293. The van der Waals surface area contributed by atoms with Gasteiger partial charge in [-0.2, -0.15) is 0 Å². The van der Waals surface area contributed by atoms with Crippen molar-refractivity contribution in [1.29, 1.82) is 0 Å². The van der Waals surface area contributed by atoms with Crippen LogP contribution in [0.3, 0.4) is 0 Å². The Labute approximate surface area is 110 Å². The number of carboxylic acid groups (broad SMARTS) is 2. The molecule has 102 valence electrons. The molecule has 0 radical (unpaired) electrons. The molecule has 0 saturated heterocycles. The zero-order chi connectivity index (χ0) is 15.0. The van der Waals surface area contributed by atoms with E-state index in [-0.39, 0.29) is 5.97 Å². The van der Waals surface area contributed by atoms with Gasteiger partial charge in [0.05, 0.1) is 0 Å². The number of hydrogen-bond donors (Lipinski definition) is 2. The van der Waals surface area contributed by atoms with Crippen molar-refractivity contribution in [3.05, 3.63) is 36.9 Å². The number of carbonyl (C=O) groups excluding carboxylic acids is 1. The average molecular weight is 279 g/mol. The summed E-state index contributed by atoms with van der Waals surface area (Å²) in [6.07, 6.45) is 2.64. The first-order valence-electron chi connectivity index (χ1n) is 4.41. The average Bonchev–Trinajstić information content (AvgIpc) is 2.25. The van der Waals surface area contributed by atoms with Crippen molar-refractivity contribution >= 4 is 29.5 Å². The second kappa shape index (κ2) is 17.3. The number of carboxylic acids is 2. The largest absolute Gasteiger partial charge is 0.478 e. The molecule has 6 nitrogen and oxygen atoms in total. The molecule has 0 bridgehead atoms. The normalized spacial score (nSPS) is 7.89. The summed E-state index contributed by atoms with van der Waals surface area (Å²) in [6.45, 7) is 8.16. The van der Waals surface area contributed by atoms with Crippen LogP contribution in [0.25, 0.3) is 0 Å². The molecular formula is C11H15ClO6. The van der Waals surface area contributed by atoms with Gasteiger partial charge in [-0.05, 0) is 5.54 Å². The molecule has 18 heavy (non-hydrogen) atoms. The monoisotopic (exact) mass is 278 g/mol. The van der Waals surface area contributed by atoms with Crippen LogP contribution >= 0.6 is 11.6 Å². The van der Waals surface area contributed by atoms with Crippen molar-refractivity contribution in [3.8, 4) is 0 Å². The van der Waals surface area contributed by atoms with Crippen molar-refractivity contribution < 1.29 is 29.3 Å². The van der Waals surface area contributed by atoms with Gasteiger partial charge in [-0.3, -0.25) is 4.79 Å². The lowest BCUT2D eigenvalue weighted by atomic mass is 10.5. The highest BCUT2D eigenvalue weighted by Crippen LogP contribution is 1.73. The van der Waals surface area contributed by atoms with Crippen LogP contribution in [-0.2, 0) is 19.1 Å². The van der Waals surface area contributed by atoms with E-state index in [2.05, 4.69) is 17.9 Å². The minimum Gasteiger partial charge on any atom is -0.478 e. The maximum Gasteiger partial charge on any atom is 0.328 e. The lowest BCUT2D eigenvalue weighted by molar-refractivity contribution is -0.139. The molecule has 0 amide bonds. The van der Waals surface area contributed by atoms with Crippen LogP contribution in [0.5, 0.6) is 0 Å². The molecule has 0 heterocycles. The minimum absolute atomic E-state index is 0.264. The van der Waals surface area contributed by atoms with Gasteiger partial charge in [0, 0.05) is 19.1 Å². The zero-order valence-corrected chi connectivity index (χ0v) is 10.6. The predicted molar refractivity (Wildman–Crippen MR) is 67.3 cm³/mol. The first-order chi connectivity index (χ1) is 8.31. The van der Waals surface area contributed by atoms with Gasteiger partial charge >= 0.3 is 17.9 Å². The molecule has 0 aromatic heterocycles. The number of rotatable bonds is 4. The van der Waals surface area contributed by atoms with Gasteiger partial charge in [-0.15, -0.1) is 0 Å². The fraction of sp³-hybridized carbons (Fsp3) is 0.182. The molecule has 0 aliphatic carbocycles. The van der Waals surface area contributed by atoms with E-state index in [0.717, 1.165) is 0 Å². The summed E-state index contributed by atoms with van der Waals surface area (Å²) >= 11 is 4.76. The predicted octanol–water partition coefficient (Wildman–Crippen LogP) is 1.82. The van der Waals surface area contributed by atoms with Crippen molar-refractivity contribution in [2.24, 2.45) is 0 Å². The molecule has 0 aliphatic rings. The number of aliphatic carboxylic acids is 2. The maximum absolute atomic E-state index is 9.93. The molecule has 0 aromatic carbocycles. The van der Waals surface area contributed by atoms with Gasteiger partial charge in [0.1, 0.15) is 6.61 Å². The molecule has 0 rings (SSSR count). The van der Waals surface area contributed by atoms with Gasteiger partial charge in [-0.1, -0.05) is 30.8 Å². The van der Waals surface area contributed by atoms with Crippen molar-refractivity contribution in [1.82, 2.24) is 0 Å². The van der Waals surface area contributed by atoms with Crippen LogP contribution in [0.2, 0.25) is 0 Å².